The lowest BCUT2D eigenvalue weighted by Gasteiger charge is -2.22. The van der Waals surface area contributed by atoms with Crippen molar-refractivity contribution in [2.75, 3.05) is 5.75 Å². The molecule has 1 saturated carbocycles. The van der Waals surface area contributed by atoms with Crippen molar-refractivity contribution in [2.45, 2.75) is 43.2 Å². The predicted molar refractivity (Wildman–Crippen MR) is 84.9 cm³/mol. The molecule has 1 fully saturated rings. The van der Waals surface area contributed by atoms with Gasteiger partial charge in [-0.3, -0.25) is 0 Å². The van der Waals surface area contributed by atoms with Crippen molar-refractivity contribution in [3.8, 4) is 0 Å². The number of hydrogen-bond donors (Lipinski definition) is 0. The Hall–Kier alpha value is -1.62. The van der Waals surface area contributed by atoms with Gasteiger partial charge in [0.25, 0.3) is 0 Å². The summed E-state index contributed by atoms with van der Waals surface area (Å²) in [7, 11) is 0. The van der Waals surface area contributed by atoms with Crippen LogP contribution in [0.15, 0.2) is 40.9 Å². The Balaban J connectivity index is 1.57. The molecule has 0 unspecified atom stereocenters. The van der Waals surface area contributed by atoms with E-state index in [4.69, 9.17) is 0 Å². The molecule has 4 nitrogen and oxygen atoms in total. The van der Waals surface area contributed by atoms with E-state index in [-0.39, 0.29) is 0 Å². The van der Waals surface area contributed by atoms with E-state index < -0.39 is 0 Å². The number of nitrogens with zero attached hydrogens (tertiary/aromatic N) is 4. The quantitative estimate of drug-likeness (QED) is 0.849. The maximum absolute atomic E-state index is 4.61. The third kappa shape index (κ3) is 2.62. The van der Waals surface area contributed by atoms with E-state index in [1.54, 1.807) is 22.8 Å². The van der Waals surface area contributed by atoms with Crippen LogP contribution >= 0.6 is 11.8 Å². The molecule has 108 valence electrons. The molecule has 2 aromatic rings. The molecule has 0 atom stereocenters. The summed E-state index contributed by atoms with van der Waals surface area (Å²) >= 11 is 1.69. The van der Waals surface area contributed by atoms with Crippen molar-refractivity contribution in [1.82, 2.24) is 14.9 Å². The van der Waals surface area contributed by atoms with Crippen LogP contribution in [0.5, 0.6) is 0 Å². The second kappa shape index (κ2) is 5.64. The van der Waals surface area contributed by atoms with Crippen LogP contribution in [0.1, 0.15) is 49.1 Å². The van der Waals surface area contributed by atoms with E-state index in [1.807, 2.05) is 0 Å². The minimum absolute atomic E-state index is 0.764. The third-order valence-corrected chi connectivity index (χ3v) is 5.33. The van der Waals surface area contributed by atoms with Crippen LogP contribution in [0.2, 0.25) is 0 Å². The van der Waals surface area contributed by atoms with Gasteiger partial charge in [-0.2, -0.15) is 9.78 Å². The molecule has 2 aliphatic rings. The van der Waals surface area contributed by atoms with Gasteiger partial charge < -0.3 is 0 Å². The van der Waals surface area contributed by atoms with E-state index in [1.165, 1.54) is 43.2 Å². The van der Waals surface area contributed by atoms with Crippen molar-refractivity contribution in [2.24, 2.45) is 5.10 Å². The van der Waals surface area contributed by atoms with Crippen molar-refractivity contribution in [1.29, 1.82) is 0 Å². The SMILES string of the molecule is c1cc(C2CCCCC2)ccc1C1=Nn2cnnc2SC1. The van der Waals surface area contributed by atoms with Gasteiger partial charge in [-0.1, -0.05) is 55.3 Å². The highest BCUT2D eigenvalue weighted by Gasteiger charge is 2.18. The van der Waals surface area contributed by atoms with E-state index in [2.05, 4.69) is 39.6 Å². The summed E-state index contributed by atoms with van der Waals surface area (Å²) in [5, 5.41) is 13.4. The van der Waals surface area contributed by atoms with Gasteiger partial charge in [-0.15, -0.1) is 10.2 Å². The first kappa shape index (κ1) is 13.1. The molecule has 0 bridgehead atoms. The Morgan fingerprint density at radius 1 is 1.05 bits per heavy atom. The fraction of sp³-hybridized carbons (Fsp3) is 0.438. The zero-order valence-corrected chi connectivity index (χ0v) is 12.7. The standard InChI is InChI=1S/C16H18N4S/c1-2-4-12(5-3-1)13-6-8-14(9-7-13)15-10-21-16-18-17-11-20(16)19-15/h6-9,11-12H,1-5,10H2. The van der Waals surface area contributed by atoms with Crippen LogP contribution in [0.3, 0.4) is 0 Å². The minimum Gasteiger partial charge on any atom is -0.194 e. The lowest BCUT2D eigenvalue weighted by Crippen LogP contribution is -2.13. The molecule has 2 heterocycles. The largest absolute Gasteiger partial charge is 0.212 e. The molecule has 0 N–H and O–H groups in total. The van der Waals surface area contributed by atoms with E-state index >= 15 is 0 Å². The summed E-state index contributed by atoms with van der Waals surface area (Å²) in [6.07, 6.45) is 8.53. The van der Waals surface area contributed by atoms with Crippen LogP contribution in [0.4, 0.5) is 0 Å². The highest BCUT2D eigenvalue weighted by atomic mass is 32.2. The van der Waals surface area contributed by atoms with E-state index in [0.717, 1.165) is 22.5 Å². The van der Waals surface area contributed by atoms with Crippen molar-refractivity contribution >= 4 is 17.5 Å². The van der Waals surface area contributed by atoms with Crippen LogP contribution in [0.25, 0.3) is 0 Å². The highest BCUT2D eigenvalue weighted by Crippen LogP contribution is 2.33. The molecule has 0 spiro atoms. The molecule has 1 aliphatic carbocycles. The number of hydrogen-bond acceptors (Lipinski definition) is 4. The summed E-state index contributed by atoms with van der Waals surface area (Å²) in [6.45, 7) is 0. The Labute approximate surface area is 128 Å². The first-order valence-corrected chi connectivity index (χ1v) is 8.60. The van der Waals surface area contributed by atoms with E-state index in [0.29, 0.717) is 0 Å². The maximum Gasteiger partial charge on any atom is 0.212 e. The number of aromatic nitrogens is 3. The predicted octanol–water partition coefficient (Wildman–Crippen LogP) is 3.68. The second-order valence-corrected chi connectivity index (χ2v) is 6.69. The van der Waals surface area contributed by atoms with Gasteiger partial charge in [0.2, 0.25) is 5.16 Å². The van der Waals surface area contributed by atoms with Crippen LogP contribution < -0.4 is 0 Å². The molecular formula is C16H18N4S. The molecule has 1 aromatic carbocycles. The van der Waals surface area contributed by atoms with Gasteiger partial charge in [-0.05, 0) is 29.9 Å². The van der Waals surface area contributed by atoms with Gasteiger partial charge in [0.15, 0.2) is 0 Å². The number of fused-ring (bicyclic) bond motifs is 1. The van der Waals surface area contributed by atoms with Gasteiger partial charge in [0.05, 0.1) is 5.71 Å². The molecule has 1 aliphatic heterocycles. The first-order chi connectivity index (χ1) is 10.4. The molecule has 5 heteroatoms. The molecule has 0 amide bonds. The maximum atomic E-state index is 4.61. The van der Waals surface area contributed by atoms with Crippen LogP contribution in [-0.4, -0.2) is 26.3 Å². The molecule has 0 radical (unpaired) electrons. The minimum atomic E-state index is 0.764. The van der Waals surface area contributed by atoms with Crippen LogP contribution in [0, 0.1) is 0 Å². The monoisotopic (exact) mass is 298 g/mol. The normalized spacial score (nSPS) is 19.1. The molecule has 0 saturated heterocycles. The zero-order chi connectivity index (χ0) is 14.1. The highest BCUT2D eigenvalue weighted by molar-refractivity contribution is 7.99. The Morgan fingerprint density at radius 3 is 2.67 bits per heavy atom. The lowest BCUT2D eigenvalue weighted by molar-refractivity contribution is 0.443. The van der Waals surface area contributed by atoms with Crippen LogP contribution in [-0.2, 0) is 0 Å². The summed E-state index contributed by atoms with van der Waals surface area (Å²) in [6, 6.07) is 9.03. The second-order valence-electron chi connectivity index (χ2n) is 5.75. The van der Waals surface area contributed by atoms with Gasteiger partial charge in [-0.25, -0.2) is 0 Å². The number of rotatable bonds is 2. The average Bonchev–Trinajstić information content (AvgIpc) is 3.03. The number of benzene rings is 1. The Kier molecular flexibility index (Phi) is 3.51. The molecular weight excluding hydrogens is 280 g/mol. The number of thioether (sulfide) groups is 1. The average molecular weight is 298 g/mol. The Morgan fingerprint density at radius 2 is 1.86 bits per heavy atom. The fourth-order valence-corrected chi connectivity index (χ4v) is 4.01. The molecule has 4 rings (SSSR count). The topological polar surface area (TPSA) is 43.1 Å². The first-order valence-electron chi connectivity index (χ1n) is 7.61. The van der Waals surface area contributed by atoms with Crippen molar-refractivity contribution in [3.63, 3.8) is 0 Å². The summed E-state index contributed by atoms with van der Waals surface area (Å²) in [4.78, 5) is 0. The third-order valence-electron chi connectivity index (χ3n) is 4.39. The summed E-state index contributed by atoms with van der Waals surface area (Å²) < 4.78 is 1.76. The fourth-order valence-electron chi connectivity index (χ4n) is 3.20. The molecule has 21 heavy (non-hydrogen) atoms. The van der Waals surface area contributed by atoms with Gasteiger partial charge in [0, 0.05) is 5.75 Å². The molecule has 1 aromatic heterocycles. The van der Waals surface area contributed by atoms with Gasteiger partial charge in [0.1, 0.15) is 6.33 Å². The Bertz CT molecular complexity index is 653. The summed E-state index contributed by atoms with van der Waals surface area (Å²) in [5.74, 6) is 1.63. The smallest absolute Gasteiger partial charge is 0.194 e. The lowest BCUT2D eigenvalue weighted by atomic mass is 9.84. The van der Waals surface area contributed by atoms with E-state index in [9.17, 15) is 0 Å². The van der Waals surface area contributed by atoms with Crippen molar-refractivity contribution in [3.05, 3.63) is 41.7 Å². The van der Waals surface area contributed by atoms with Crippen molar-refractivity contribution < 1.29 is 0 Å². The zero-order valence-electron chi connectivity index (χ0n) is 11.9. The summed E-state index contributed by atoms with van der Waals surface area (Å²) in [5.41, 5.74) is 3.80. The van der Waals surface area contributed by atoms with Gasteiger partial charge >= 0.3 is 0 Å².